The molecule has 2 nitrogen and oxygen atoms in total. The molecular formula is C15H16N2S. The van der Waals surface area contributed by atoms with E-state index in [0.717, 1.165) is 31.3 Å². The number of benzene rings is 1. The topological polar surface area (TPSA) is 49.8 Å². The first-order valence-corrected chi connectivity index (χ1v) is 6.60. The lowest BCUT2D eigenvalue weighted by atomic mass is 9.80. The second-order valence-corrected chi connectivity index (χ2v) is 5.08. The maximum Gasteiger partial charge on any atom is 0.114 e. The van der Waals surface area contributed by atoms with Crippen LogP contribution in [0.1, 0.15) is 37.2 Å². The summed E-state index contributed by atoms with van der Waals surface area (Å²) >= 11 is 4.92. The van der Waals surface area contributed by atoms with E-state index in [2.05, 4.69) is 30.3 Å². The van der Waals surface area contributed by atoms with Crippen molar-refractivity contribution in [2.75, 3.05) is 0 Å². The van der Waals surface area contributed by atoms with Crippen molar-refractivity contribution in [2.24, 2.45) is 5.73 Å². The number of nitrogens with zero attached hydrogens (tertiary/aromatic N) is 1. The van der Waals surface area contributed by atoms with E-state index in [4.69, 9.17) is 23.2 Å². The van der Waals surface area contributed by atoms with Gasteiger partial charge in [0, 0.05) is 0 Å². The van der Waals surface area contributed by atoms with E-state index in [0.29, 0.717) is 11.5 Å². The van der Waals surface area contributed by atoms with E-state index in [1.807, 2.05) is 6.07 Å². The molecule has 0 aromatic heterocycles. The highest BCUT2D eigenvalue weighted by atomic mass is 32.1. The van der Waals surface area contributed by atoms with E-state index in [1.54, 1.807) is 0 Å². The molecule has 0 saturated heterocycles. The summed E-state index contributed by atoms with van der Waals surface area (Å²) < 4.78 is 0. The lowest BCUT2D eigenvalue weighted by Crippen LogP contribution is -2.15. The van der Waals surface area contributed by atoms with Gasteiger partial charge in [0.05, 0.1) is 5.57 Å². The van der Waals surface area contributed by atoms with Gasteiger partial charge < -0.3 is 5.73 Å². The molecule has 2 rings (SSSR count). The summed E-state index contributed by atoms with van der Waals surface area (Å²) in [5.74, 6) is 0.598. The highest BCUT2D eigenvalue weighted by molar-refractivity contribution is 7.80. The maximum absolute atomic E-state index is 9.06. The Bertz CT molecular complexity index is 501. The van der Waals surface area contributed by atoms with Crippen LogP contribution in [0.15, 0.2) is 41.5 Å². The zero-order valence-corrected chi connectivity index (χ0v) is 11.0. The van der Waals surface area contributed by atoms with Crippen LogP contribution in [-0.4, -0.2) is 4.99 Å². The molecule has 18 heavy (non-hydrogen) atoms. The molecule has 1 aromatic carbocycles. The first-order chi connectivity index (χ1) is 8.72. The van der Waals surface area contributed by atoms with Gasteiger partial charge in [0.2, 0.25) is 0 Å². The second-order valence-electron chi connectivity index (χ2n) is 4.64. The molecule has 2 N–H and O–H groups in total. The fraction of sp³-hybridized carbons (Fsp3) is 0.333. The third kappa shape index (κ3) is 2.77. The van der Waals surface area contributed by atoms with Gasteiger partial charge in [-0.2, -0.15) is 5.26 Å². The summed E-state index contributed by atoms with van der Waals surface area (Å²) in [6, 6.07) is 12.7. The van der Waals surface area contributed by atoms with Gasteiger partial charge >= 0.3 is 0 Å². The summed E-state index contributed by atoms with van der Waals surface area (Å²) in [4.78, 5) is 0.241. The average molecular weight is 256 g/mol. The zero-order valence-electron chi connectivity index (χ0n) is 10.2. The van der Waals surface area contributed by atoms with Crippen molar-refractivity contribution in [2.45, 2.75) is 31.6 Å². The van der Waals surface area contributed by atoms with Crippen LogP contribution < -0.4 is 5.73 Å². The van der Waals surface area contributed by atoms with Crippen molar-refractivity contribution < 1.29 is 0 Å². The summed E-state index contributed by atoms with van der Waals surface area (Å²) in [6.45, 7) is 0. The molecule has 1 aliphatic rings. The predicted octanol–water partition coefficient (Wildman–Crippen LogP) is 3.45. The molecule has 0 atom stereocenters. The normalized spacial score (nSPS) is 19.1. The van der Waals surface area contributed by atoms with Gasteiger partial charge in [0.25, 0.3) is 0 Å². The fourth-order valence-electron chi connectivity index (χ4n) is 2.58. The number of nitriles is 1. The van der Waals surface area contributed by atoms with E-state index < -0.39 is 0 Å². The lowest BCUT2D eigenvalue weighted by Gasteiger charge is -2.25. The van der Waals surface area contributed by atoms with Gasteiger partial charge in [-0.05, 0) is 42.7 Å². The molecule has 0 radical (unpaired) electrons. The van der Waals surface area contributed by atoms with Crippen LogP contribution in [0.5, 0.6) is 0 Å². The number of hydrogen-bond acceptors (Lipinski definition) is 2. The minimum absolute atomic E-state index is 0.241. The fourth-order valence-corrected chi connectivity index (χ4v) is 2.77. The van der Waals surface area contributed by atoms with Crippen LogP contribution in [-0.2, 0) is 0 Å². The quantitative estimate of drug-likeness (QED) is 0.501. The van der Waals surface area contributed by atoms with Crippen molar-refractivity contribution in [1.29, 1.82) is 5.26 Å². The van der Waals surface area contributed by atoms with Crippen LogP contribution in [0, 0.1) is 11.3 Å². The van der Waals surface area contributed by atoms with Gasteiger partial charge in [-0.15, -0.1) is 0 Å². The Morgan fingerprint density at radius 1 is 1.22 bits per heavy atom. The van der Waals surface area contributed by atoms with Crippen LogP contribution in [0.25, 0.3) is 0 Å². The van der Waals surface area contributed by atoms with Gasteiger partial charge in [-0.3, -0.25) is 0 Å². The van der Waals surface area contributed by atoms with E-state index in [-0.39, 0.29) is 4.99 Å². The molecule has 0 aliphatic heterocycles. The maximum atomic E-state index is 9.06. The summed E-state index contributed by atoms with van der Waals surface area (Å²) in [5, 5.41) is 9.06. The van der Waals surface area contributed by atoms with Crippen molar-refractivity contribution in [3.05, 3.63) is 47.0 Å². The highest BCUT2D eigenvalue weighted by Gasteiger charge is 2.21. The number of rotatable bonds is 2. The molecule has 92 valence electrons. The van der Waals surface area contributed by atoms with Crippen molar-refractivity contribution in [3.63, 3.8) is 0 Å². The standard InChI is InChI=1S/C15H16N2S/c16-10-14(15(17)18)13-8-6-12(7-9-13)11-4-2-1-3-5-11/h1-5,12H,6-9H2,(H2,17,18). The molecule has 0 unspecified atom stereocenters. The van der Waals surface area contributed by atoms with Crippen molar-refractivity contribution in [1.82, 2.24) is 0 Å². The average Bonchev–Trinajstić information content (AvgIpc) is 2.41. The number of allylic oxidation sites excluding steroid dienone is 1. The second kappa shape index (κ2) is 5.79. The SMILES string of the molecule is N#CC(C(N)=S)=C1CCC(c2ccccc2)CC1. The Balaban J connectivity index is 2.09. The van der Waals surface area contributed by atoms with Crippen LogP contribution in [0.4, 0.5) is 0 Å². The summed E-state index contributed by atoms with van der Waals surface area (Å²) in [7, 11) is 0. The molecule has 1 saturated carbocycles. The van der Waals surface area contributed by atoms with Gasteiger partial charge in [0.1, 0.15) is 11.1 Å². The zero-order chi connectivity index (χ0) is 13.0. The Morgan fingerprint density at radius 3 is 2.33 bits per heavy atom. The van der Waals surface area contributed by atoms with Crippen LogP contribution >= 0.6 is 12.2 Å². The minimum atomic E-state index is 0.241. The lowest BCUT2D eigenvalue weighted by molar-refractivity contribution is 0.516. The third-order valence-corrected chi connectivity index (χ3v) is 3.78. The van der Waals surface area contributed by atoms with Gasteiger partial charge in [-0.25, -0.2) is 0 Å². The molecule has 0 heterocycles. The van der Waals surface area contributed by atoms with E-state index >= 15 is 0 Å². The van der Waals surface area contributed by atoms with Crippen molar-refractivity contribution >= 4 is 17.2 Å². The first-order valence-electron chi connectivity index (χ1n) is 6.19. The minimum Gasteiger partial charge on any atom is -0.389 e. The first kappa shape index (κ1) is 12.8. The smallest absolute Gasteiger partial charge is 0.114 e. The Morgan fingerprint density at radius 2 is 1.83 bits per heavy atom. The molecule has 1 aromatic rings. The monoisotopic (exact) mass is 256 g/mol. The molecule has 1 fully saturated rings. The van der Waals surface area contributed by atoms with Gasteiger partial charge in [-0.1, -0.05) is 42.5 Å². The number of hydrogen-bond donors (Lipinski definition) is 1. The summed E-state index contributed by atoms with van der Waals surface area (Å²) in [5.41, 5.74) is 8.64. The Labute approximate surface area is 113 Å². The van der Waals surface area contributed by atoms with Crippen LogP contribution in [0.2, 0.25) is 0 Å². The largest absolute Gasteiger partial charge is 0.389 e. The van der Waals surface area contributed by atoms with E-state index in [9.17, 15) is 0 Å². The molecule has 1 aliphatic carbocycles. The Kier molecular flexibility index (Phi) is 4.11. The molecular weight excluding hydrogens is 240 g/mol. The Hall–Kier alpha value is -1.66. The van der Waals surface area contributed by atoms with Crippen LogP contribution in [0.3, 0.4) is 0 Å². The molecule has 3 heteroatoms. The highest BCUT2D eigenvalue weighted by Crippen LogP contribution is 2.36. The predicted molar refractivity (Wildman–Crippen MR) is 77.1 cm³/mol. The number of thiocarbonyl (C=S) groups is 1. The molecule has 0 bridgehead atoms. The van der Waals surface area contributed by atoms with Crippen molar-refractivity contribution in [3.8, 4) is 6.07 Å². The number of nitrogens with two attached hydrogens (primary N) is 1. The van der Waals surface area contributed by atoms with E-state index in [1.165, 1.54) is 5.56 Å². The summed E-state index contributed by atoms with van der Waals surface area (Å²) in [6.07, 6.45) is 4.01. The third-order valence-electron chi connectivity index (χ3n) is 3.57. The molecule has 0 spiro atoms. The molecule has 0 amide bonds. The van der Waals surface area contributed by atoms with Gasteiger partial charge in [0.15, 0.2) is 0 Å².